The molecule has 3 nitrogen and oxygen atoms in total. The first-order valence-corrected chi connectivity index (χ1v) is 5.76. The Hall–Kier alpha value is -1.69. The topological polar surface area (TPSA) is 59.0 Å². The molecule has 0 aromatic heterocycles. The highest BCUT2D eigenvalue weighted by molar-refractivity contribution is 5.53. The first kappa shape index (κ1) is 13.4. The molecule has 1 rings (SSSR count). The molecule has 3 heteroatoms. The van der Waals surface area contributed by atoms with Crippen molar-refractivity contribution in [3.8, 4) is 11.8 Å². The molecule has 92 valence electrons. The number of nitrogens with two attached hydrogens (primary N) is 1. The number of aryl methyl sites for hydroxylation is 2. The van der Waals surface area contributed by atoms with E-state index in [0.29, 0.717) is 13.0 Å². The van der Waals surface area contributed by atoms with Gasteiger partial charge in [0.25, 0.3) is 0 Å². The van der Waals surface area contributed by atoms with Gasteiger partial charge in [-0.15, -0.1) is 0 Å². The third-order valence-electron chi connectivity index (χ3n) is 2.85. The van der Waals surface area contributed by atoms with Gasteiger partial charge in [-0.25, -0.2) is 0 Å². The summed E-state index contributed by atoms with van der Waals surface area (Å²) < 4.78 is 5.70. The van der Waals surface area contributed by atoms with Gasteiger partial charge in [0, 0.05) is 5.69 Å². The van der Waals surface area contributed by atoms with Crippen molar-refractivity contribution < 1.29 is 4.74 Å². The molecule has 0 saturated heterocycles. The van der Waals surface area contributed by atoms with Gasteiger partial charge < -0.3 is 10.5 Å². The molecule has 1 aromatic rings. The van der Waals surface area contributed by atoms with Gasteiger partial charge >= 0.3 is 0 Å². The Morgan fingerprint density at radius 2 is 1.94 bits per heavy atom. The Bertz CT molecular complexity index is 444. The minimum atomic E-state index is -0.337. The van der Waals surface area contributed by atoms with Crippen LogP contribution in [0.15, 0.2) is 12.1 Å². The van der Waals surface area contributed by atoms with Crippen LogP contribution in [0.3, 0.4) is 0 Å². The molecule has 0 unspecified atom stereocenters. The highest BCUT2D eigenvalue weighted by Gasteiger charge is 2.16. The summed E-state index contributed by atoms with van der Waals surface area (Å²) >= 11 is 0. The number of nitriles is 1. The summed E-state index contributed by atoms with van der Waals surface area (Å²) in [5, 5.41) is 8.90. The first-order chi connectivity index (χ1) is 7.85. The predicted octanol–water partition coefficient (Wildman–Crippen LogP) is 3.20. The van der Waals surface area contributed by atoms with Crippen LogP contribution in [0.1, 0.15) is 31.4 Å². The molecule has 0 bridgehead atoms. The molecule has 0 atom stereocenters. The van der Waals surface area contributed by atoms with Gasteiger partial charge in [-0.3, -0.25) is 0 Å². The summed E-state index contributed by atoms with van der Waals surface area (Å²) in [5.74, 6) is 0.852. The molecule has 0 aliphatic carbocycles. The fraction of sp³-hybridized carbons (Fsp3) is 0.500. The van der Waals surface area contributed by atoms with E-state index >= 15 is 0 Å². The van der Waals surface area contributed by atoms with E-state index in [2.05, 4.69) is 6.07 Å². The molecule has 1 aromatic carbocycles. The Kier molecular flexibility index (Phi) is 4.01. The second-order valence-corrected chi connectivity index (χ2v) is 5.07. The lowest BCUT2D eigenvalue weighted by Gasteiger charge is -2.16. The van der Waals surface area contributed by atoms with Crippen LogP contribution in [-0.4, -0.2) is 6.61 Å². The second kappa shape index (κ2) is 5.09. The number of nitrogen functional groups attached to an aromatic ring is 1. The van der Waals surface area contributed by atoms with E-state index in [9.17, 15) is 0 Å². The van der Waals surface area contributed by atoms with E-state index in [1.807, 2.05) is 39.8 Å². The average molecular weight is 232 g/mol. The maximum atomic E-state index is 8.90. The monoisotopic (exact) mass is 232 g/mol. The molecule has 0 fully saturated rings. The number of anilines is 1. The highest BCUT2D eigenvalue weighted by atomic mass is 16.5. The summed E-state index contributed by atoms with van der Waals surface area (Å²) in [6.45, 7) is 8.31. The number of hydrogen-bond donors (Lipinski definition) is 1. The van der Waals surface area contributed by atoms with Crippen LogP contribution in [0.5, 0.6) is 5.75 Å². The SMILES string of the molecule is Cc1cc(OCCC(C)(C)C#N)c(C)cc1N. The molecule has 2 N–H and O–H groups in total. The normalized spacial score (nSPS) is 11.0. The molecule has 0 radical (unpaired) electrons. The van der Waals surface area contributed by atoms with E-state index in [1.54, 1.807) is 0 Å². The Balaban J connectivity index is 2.65. The Morgan fingerprint density at radius 3 is 2.53 bits per heavy atom. The first-order valence-electron chi connectivity index (χ1n) is 5.76. The van der Waals surface area contributed by atoms with Gasteiger partial charge in [-0.05, 0) is 57.4 Å². The van der Waals surface area contributed by atoms with E-state index in [4.69, 9.17) is 15.7 Å². The van der Waals surface area contributed by atoms with Crippen molar-refractivity contribution in [2.24, 2.45) is 5.41 Å². The van der Waals surface area contributed by atoms with Crippen LogP contribution >= 0.6 is 0 Å². The van der Waals surface area contributed by atoms with Crippen LogP contribution < -0.4 is 10.5 Å². The molecule has 0 aliphatic heterocycles. The highest BCUT2D eigenvalue weighted by Crippen LogP contribution is 2.25. The third kappa shape index (κ3) is 3.67. The van der Waals surface area contributed by atoms with Crippen LogP contribution in [0.2, 0.25) is 0 Å². The maximum Gasteiger partial charge on any atom is 0.122 e. The molecule has 0 saturated carbocycles. The quantitative estimate of drug-likeness (QED) is 0.811. The molecule has 0 aliphatic rings. The zero-order valence-corrected chi connectivity index (χ0v) is 11.0. The number of ether oxygens (including phenoxy) is 1. The molecular formula is C14H20N2O. The van der Waals surface area contributed by atoms with Gasteiger partial charge in [-0.1, -0.05) is 0 Å². The summed E-state index contributed by atoms with van der Waals surface area (Å²) in [7, 11) is 0. The lowest BCUT2D eigenvalue weighted by atomic mass is 9.92. The minimum Gasteiger partial charge on any atom is -0.493 e. The van der Waals surface area contributed by atoms with E-state index in [-0.39, 0.29) is 5.41 Å². The molecule has 0 spiro atoms. The molecule has 0 amide bonds. The summed E-state index contributed by atoms with van der Waals surface area (Å²) in [6, 6.07) is 6.13. The maximum absolute atomic E-state index is 8.90. The lowest BCUT2D eigenvalue weighted by Crippen LogP contribution is -2.13. The lowest BCUT2D eigenvalue weighted by molar-refractivity contribution is 0.263. The van der Waals surface area contributed by atoms with Gasteiger partial charge in [0.15, 0.2) is 0 Å². The van der Waals surface area contributed by atoms with Crippen LogP contribution in [0.25, 0.3) is 0 Å². The van der Waals surface area contributed by atoms with Crippen molar-refractivity contribution in [2.75, 3.05) is 12.3 Å². The molecular weight excluding hydrogens is 212 g/mol. The summed E-state index contributed by atoms with van der Waals surface area (Å²) in [6.07, 6.45) is 0.715. The van der Waals surface area contributed by atoms with Gasteiger partial charge in [0.2, 0.25) is 0 Å². The Morgan fingerprint density at radius 1 is 1.29 bits per heavy atom. The average Bonchev–Trinajstić information content (AvgIpc) is 2.25. The number of nitrogens with zero attached hydrogens (tertiary/aromatic N) is 1. The number of hydrogen-bond acceptors (Lipinski definition) is 3. The van der Waals surface area contributed by atoms with E-state index in [1.165, 1.54) is 0 Å². The largest absolute Gasteiger partial charge is 0.493 e. The van der Waals surface area contributed by atoms with Crippen molar-refractivity contribution in [1.29, 1.82) is 5.26 Å². The van der Waals surface area contributed by atoms with Crippen LogP contribution in [-0.2, 0) is 0 Å². The second-order valence-electron chi connectivity index (χ2n) is 5.07. The zero-order chi connectivity index (χ0) is 13.1. The fourth-order valence-electron chi connectivity index (χ4n) is 1.44. The molecule has 0 heterocycles. The zero-order valence-electron chi connectivity index (χ0n) is 11.0. The summed E-state index contributed by atoms with van der Waals surface area (Å²) in [5.41, 5.74) is 8.31. The van der Waals surface area contributed by atoms with E-state index in [0.717, 1.165) is 22.6 Å². The van der Waals surface area contributed by atoms with Crippen molar-refractivity contribution in [3.05, 3.63) is 23.3 Å². The fourth-order valence-corrected chi connectivity index (χ4v) is 1.44. The summed E-state index contributed by atoms with van der Waals surface area (Å²) in [4.78, 5) is 0. The van der Waals surface area contributed by atoms with Crippen molar-refractivity contribution in [2.45, 2.75) is 34.1 Å². The molecule has 17 heavy (non-hydrogen) atoms. The van der Waals surface area contributed by atoms with Crippen molar-refractivity contribution in [3.63, 3.8) is 0 Å². The standard InChI is InChI=1S/C14H20N2O/c1-10-8-13(11(2)7-12(10)16)17-6-5-14(3,4)9-15/h7-8H,5-6,16H2,1-4H3. The van der Waals surface area contributed by atoms with Crippen LogP contribution in [0.4, 0.5) is 5.69 Å². The third-order valence-corrected chi connectivity index (χ3v) is 2.85. The van der Waals surface area contributed by atoms with E-state index < -0.39 is 0 Å². The number of rotatable bonds is 4. The Labute approximate surface area is 103 Å². The van der Waals surface area contributed by atoms with Gasteiger partial charge in [-0.2, -0.15) is 5.26 Å². The van der Waals surface area contributed by atoms with Crippen molar-refractivity contribution >= 4 is 5.69 Å². The van der Waals surface area contributed by atoms with Gasteiger partial charge in [0.1, 0.15) is 5.75 Å². The van der Waals surface area contributed by atoms with Crippen molar-refractivity contribution in [1.82, 2.24) is 0 Å². The van der Waals surface area contributed by atoms with Crippen LogP contribution in [0, 0.1) is 30.6 Å². The minimum absolute atomic E-state index is 0.337. The smallest absolute Gasteiger partial charge is 0.122 e. The van der Waals surface area contributed by atoms with Gasteiger partial charge in [0.05, 0.1) is 18.1 Å². The predicted molar refractivity (Wildman–Crippen MR) is 69.8 cm³/mol. The number of benzene rings is 1.